The maximum Gasteiger partial charge on any atom is 0.246 e. The van der Waals surface area contributed by atoms with Crippen LogP contribution >= 0.6 is 11.6 Å². The van der Waals surface area contributed by atoms with Gasteiger partial charge in [-0.25, -0.2) is 0 Å². The monoisotopic (exact) mass is 394 g/mol. The number of carbonyl (C=O) groups excluding carboxylic acids is 1. The van der Waals surface area contributed by atoms with E-state index in [1.54, 1.807) is 0 Å². The third kappa shape index (κ3) is 5.35. The molecule has 0 aliphatic rings. The fourth-order valence-corrected chi connectivity index (χ4v) is 3.14. The number of anilines is 1. The molecule has 1 atom stereocenters. The molecule has 5 heteroatoms. The van der Waals surface area contributed by atoms with Crippen LogP contribution in [0.2, 0.25) is 5.02 Å². The lowest BCUT2D eigenvalue weighted by Gasteiger charge is -2.20. The molecule has 0 aromatic heterocycles. The summed E-state index contributed by atoms with van der Waals surface area (Å²) in [5.41, 5.74) is 2.55. The Morgan fingerprint density at radius 3 is 2.50 bits per heavy atom. The third-order valence-corrected chi connectivity index (χ3v) is 4.47. The van der Waals surface area contributed by atoms with E-state index in [1.165, 1.54) is 0 Å². The number of rotatable bonds is 8. The Morgan fingerprint density at radius 1 is 1.00 bits per heavy atom. The van der Waals surface area contributed by atoms with E-state index in [4.69, 9.17) is 16.3 Å². The van der Waals surface area contributed by atoms with Gasteiger partial charge in [-0.2, -0.15) is 0 Å². The summed E-state index contributed by atoms with van der Waals surface area (Å²) >= 11 is 6.07. The second-order valence-electron chi connectivity index (χ2n) is 6.27. The van der Waals surface area contributed by atoms with Gasteiger partial charge in [-0.3, -0.25) is 10.1 Å². The summed E-state index contributed by atoms with van der Waals surface area (Å²) in [6.45, 7) is 2.96. The summed E-state index contributed by atoms with van der Waals surface area (Å²) in [6, 6.07) is 24.1. The van der Waals surface area contributed by atoms with Crippen molar-refractivity contribution in [3.63, 3.8) is 0 Å². The summed E-state index contributed by atoms with van der Waals surface area (Å²) < 4.78 is 5.62. The number of ether oxygens (including phenoxy) is 1. The van der Waals surface area contributed by atoms with E-state index < -0.39 is 6.04 Å². The molecule has 0 fully saturated rings. The fraction of sp³-hybridized carbons (Fsp3) is 0.174. The fourth-order valence-electron chi connectivity index (χ4n) is 2.93. The van der Waals surface area contributed by atoms with Crippen molar-refractivity contribution in [2.24, 2.45) is 0 Å². The molecule has 0 aliphatic carbocycles. The molecule has 0 saturated heterocycles. The van der Waals surface area contributed by atoms with Gasteiger partial charge in [0.25, 0.3) is 0 Å². The minimum absolute atomic E-state index is 0.152. The standard InChI is InChI=1S/C23H23ClN2O2/c1-2-28-21-14-7-6-13-20(21)26-23(27)22(18-10-4-3-5-11-18)25-16-17-9-8-12-19(24)15-17/h3-15,22,25H,2,16H2,1H3,(H,26,27)/t22-/m0/s1. The summed E-state index contributed by atoms with van der Waals surface area (Å²) in [6.07, 6.45) is 0. The predicted molar refractivity (Wildman–Crippen MR) is 114 cm³/mol. The number of benzene rings is 3. The van der Waals surface area contributed by atoms with Crippen LogP contribution in [0.25, 0.3) is 0 Å². The van der Waals surface area contributed by atoms with Crippen LogP contribution in [0.15, 0.2) is 78.9 Å². The molecular formula is C23H23ClN2O2. The van der Waals surface area contributed by atoms with E-state index in [-0.39, 0.29) is 5.91 Å². The molecule has 0 spiro atoms. The first-order valence-corrected chi connectivity index (χ1v) is 9.60. The third-order valence-electron chi connectivity index (χ3n) is 4.24. The van der Waals surface area contributed by atoms with Gasteiger partial charge in [0.1, 0.15) is 11.8 Å². The van der Waals surface area contributed by atoms with Gasteiger partial charge in [-0.1, -0.05) is 66.2 Å². The van der Waals surface area contributed by atoms with Gasteiger partial charge < -0.3 is 10.1 Å². The van der Waals surface area contributed by atoms with E-state index in [9.17, 15) is 4.79 Å². The zero-order valence-electron chi connectivity index (χ0n) is 15.7. The number of amides is 1. The molecule has 0 bridgehead atoms. The minimum Gasteiger partial charge on any atom is -0.492 e. The molecule has 0 unspecified atom stereocenters. The van der Waals surface area contributed by atoms with Gasteiger partial charge in [0.15, 0.2) is 0 Å². The van der Waals surface area contributed by atoms with E-state index in [0.717, 1.165) is 11.1 Å². The molecule has 0 radical (unpaired) electrons. The van der Waals surface area contributed by atoms with Crippen LogP contribution < -0.4 is 15.4 Å². The molecule has 1 amide bonds. The quantitative estimate of drug-likeness (QED) is 0.551. The first-order chi connectivity index (χ1) is 13.7. The number of para-hydroxylation sites is 2. The highest BCUT2D eigenvalue weighted by Gasteiger charge is 2.21. The molecule has 0 aliphatic heterocycles. The molecule has 28 heavy (non-hydrogen) atoms. The molecule has 0 saturated carbocycles. The number of nitrogens with one attached hydrogen (secondary N) is 2. The molecule has 3 aromatic rings. The lowest BCUT2D eigenvalue weighted by atomic mass is 10.1. The molecule has 3 rings (SSSR count). The van der Waals surface area contributed by atoms with Crippen LogP contribution in [0, 0.1) is 0 Å². The van der Waals surface area contributed by atoms with Crippen molar-refractivity contribution < 1.29 is 9.53 Å². The van der Waals surface area contributed by atoms with Crippen LogP contribution in [0.1, 0.15) is 24.1 Å². The van der Waals surface area contributed by atoms with E-state index in [1.807, 2.05) is 85.8 Å². The average molecular weight is 395 g/mol. The molecule has 0 heterocycles. The number of carbonyl (C=O) groups is 1. The van der Waals surface area contributed by atoms with Crippen molar-refractivity contribution in [3.05, 3.63) is 95.0 Å². The molecule has 4 nitrogen and oxygen atoms in total. The van der Waals surface area contributed by atoms with Crippen LogP contribution in [-0.2, 0) is 11.3 Å². The predicted octanol–water partition coefficient (Wildman–Crippen LogP) is 5.21. The van der Waals surface area contributed by atoms with Crippen molar-refractivity contribution >= 4 is 23.2 Å². The first kappa shape index (κ1) is 19.9. The van der Waals surface area contributed by atoms with Gasteiger partial charge in [-0.15, -0.1) is 0 Å². The Morgan fingerprint density at radius 2 is 1.75 bits per heavy atom. The lowest BCUT2D eigenvalue weighted by Crippen LogP contribution is -2.32. The zero-order chi connectivity index (χ0) is 19.8. The number of hydrogen-bond acceptors (Lipinski definition) is 3. The minimum atomic E-state index is -0.519. The Labute approximate surface area is 170 Å². The van der Waals surface area contributed by atoms with Gasteiger partial charge in [0.2, 0.25) is 5.91 Å². The maximum absolute atomic E-state index is 13.1. The second-order valence-corrected chi connectivity index (χ2v) is 6.71. The van der Waals surface area contributed by atoms with Crippen LogP contribution in [-0.4, -0.2) is 12.5 Å². The van der Waals surface area contributed by atoms with Gasteiger partial charge in [0.05, 0.1) is 12.3 Å². The van der Waals surface area contributed by atoms with Gasteiger partial charge in [-0.05, 0) is 42.3 Å². The van der Waals surface area contributed by atoms with E-state index in [2.05, 4.69) is 10.6 Å². The molecule has 2 N–H and O–H groups in total. The number of halogens is 1. The Bertz CT molecular complexity index is 915. The second kappa shape index (κ2) is 9.93. The average Bonchev–Trinajstić information content (AvgIpc) is 2.71. The van der Waals surface area contributed by atoms with Crippen molar-refractivity contribution in [3.8, 4) is 5.75 Å². The van der Waals surface area contributed by atoms with Crippen LogP contribution in [0.4, 0.5) is 5.69 Å². The Kier molecular flexibility index (Phi) is 7.06. The number of hydrogen-bond donors (Lipinski definition) is 2. The first-order valence-electron chi connectivity index (χ1n) is 9.23. The molecule has 144 valence electrons. The summed E-state index contributed by atoms with van der Waals surface area (Å²) in [5, 5.41) is 7.00. The van der Waals surface area contributed by atoms with Crippen molar-refractivity contribution in [1.82, 2.24) is 5.32 Å². The van der Waals surface area contributed by atoms with Crippen molar-refractivity contribution in [2.45, 2.75) is 19.5 Å². The van der Waals surface area contributed by atoms with Crippen molar-refractivity contribution in [2.75, 3.05) is 11.9 Å². The van der Waals surface area contributed by atoms with E-state index in [0.29, 0.717) is 29.6 Å². The Hall–Kier alpha value is -2.82. The summed E-state index contributed by atoms with van der Waals surface area (Å²) in [7, 11) is 0. The summed E-state index contributed by atoms with van der Waals surface area (Å²) in [4.78, 5) is 13.1. The Balaban J connectivity index is 1.79. The smallest absolute Gasteiger partial charge is 0.246 e. The highest BCUT2D eigenvalue weighted by atomic mass is 35.5. The lowest BCUT2D eigenvalue weighted by molar-refractivity contribution is -0.118. The highest BCUT2D eigenvalue weighted by Crippen LogP contribution is 2.25. The maximum atomic E-state index is 13.1. The normalized spacial score (nSPS) is 11.6. The largest absolute Gasteiger partial charge is 0.492 e. The van der Waals surface area contributed by atoms with Crippen LogP contribution in [0.5, 0.6) is 5.75 Å². The molecular weight excluding hydrogens is 372 g/mol. The molecule has 3 aromatic carbocycles. The van der Waals surface area contributed by atoms with Gasteiger partial charge in [0, 0.05) is 11.6 Å². The summed E-state index contributed by atoms with van der Waals surface area (Å²) in [5.74, 6) is 0.500. The van der Waals surface area contributed by atoms with Crippen molar-refractivity contribution in [1.29, 1.82) is 0 Å². The SMILES string of the molecule is CCOc1ccccc1NC(=O)[C@@H](NCc1cccc(Cl)c1)c1ccccc1. The zero-order valence-corrected chi connectivity index (χ0v) is 16.4. The van der Waals surface area contributed by atoms with E-state index >= 15 is 0 Å². The highest BCUT2D eigenvalue weighted by molar-refractivity contribution is 6.30. The van der Waals surface area contributed by atoms with Crippen LogP contribution in [0.3, 0.4) is 0 Å². The van der Waals surface area contributed by atoms with Gasteiger partial charge >= 0.3 is 0 Å². The topological polar surface area (TPSA) is 50.4 Å².